The first-order chi connectivity index (χ1) is 10.9. The molecule has 4 heteroatoms. The van der Waals surface area contributed by atoms with Crippen LogP contribution in [0.15, 0.2) is 42.5 Å². The fraction of sp³-hybridized carbons (Fsp3) is 0.158. The molecule has 0 aliphatic carbocycles. The first-order valence-corrected chi connectivity index (χ1v) is 7.26. The predicted molar refractivity (Wildman–Crippen MR) is 91.6 cm³/mol. The molecule has 0 aliphatic heterocycles. The summed E-state index contributed by atoms with van der Waals surface area (Å²) in [5.41, 5.74) is 2.60. The van der Waals surface area contributed by atoms with Crippen molar-refractivity contribution in [1.29, 1.82) is 0 Å². The summed E-state index contributed by atoms with van der Waals surface area (Å²) in [6, 6.07) is 7.40. The van der Waals surface area contributed by atoms with Crippen molar-refractivity contribution in [2.75, 3.05) is 0 Å². The van der Waals surface area contributed by atoms with Gasteiger partial charge in [0.2, 0.25) is 0 Å². The van der Waals surface area contributed by atoms with Gasteiger partial charge in [0.15, 0.2) is 0 Å². The van der Waals surface area contributed by atoms with E-state index in [1.54, 1.807) is 30.4 Å². The Morgan fingerprint density at radius 1 is 0.957 bits per heavy atom. The van der Waals surface area contributed by atoms with Crippen LogP contribution < -0.4 is 0 Å². The van der Waals surface area contributed by atoms with Crippen molar-refractivity contribution in [2.24, 2.45) is 0 Å². The van der Waals surface area contributed by atoms with Crippen molar-refractivity contribution in [3.05, 3.63) is 59.2 Å². The number of phenolic OH excluding ortho intramolecular Hbond substituents is 4. The second kappa shape index (κ2) is 6.92. The van der Waals surface area contributed by atoms with Gasteiger partial charge in [0.25, 0.3) is 0 Å². The molecule has 0 radical (unpaired) electrons. The molecule has 2 aromatic rings. The van der Waals surface area contributed by atoms with Crippen molar-refractivity contribution in [2.45, 2.75) is 19.8 Å². The Labute approximate surface area is 135 Å². The number of allylic oxidation sites excluding steroid dienone is 1. The zero-order valence-corrected chi connectivity index (χ0v) is 13.0. The van der Waals surface area contributed by atoms with E-state index in [1.807, 2.05) is 6.92 Å². The molecule has 0 aromatic heterocycles. The maximum absolute atomic E-state index is 10.1. The van der Waals surface area contributed by atoms with E-state index in [-0.39, 0.29) is 23.0 Å². The van der Waals surface area contributed by atoms with E-state index in [1.165, 1.54) is 12.1 Å². The van der Waals surface area contributed by atoms with E-state index < -0.39 is 0 Å². The smallest absolute Gasteiger partial charge is 0.126 e. The van der Waals surface area contributed by atoms with Crippen molar-refractivity contribution in [1.82, 2.24) is 0 Å². The molecule has 0 heterocycles. The summed E-state index contributed by atoms with van der Waals surface area (Å²) in [6.45, 7) is 5.71. The summed E-state index contributed by atoms with van der Waals surface area (Å²) in [6.07, 6.45) is 4.51. The van der Waals surface area contributed by atoms with E-state index in [2.05, 4.69) is 6.58 Å². The molecule has 0 spiro atoms. The minimum atomic E-state index is -0.0484. The molecule has 23 heavy (non-hydrogen) atoms. The molecule has 0 unspecified atom stereocenters. The summed E-state index contributed by atoms with van der Waals surface area (Å²) >= 11 is 0. The molecule has 0 saturated heterocycles. The zero-order chi connectivity index (χ0) is 17.0. The Kier molecular flexibility index (Phi) is 4.96. The summed E-state index contributed by atoms with van der Waals surface area (Å²) in [5.74, 6) is -0.00812. The van der Waals surface area contributed by atoms with Crippen molar-refractivity contribution in [3.63, 3.8) is 0 Å². The molecule has 0 bridgehead atoms. The van der Waals surface area contributed by atoms with Gasteiger partial charge in [-0.1, -0.05) is 17.7 Å². The third-order valence-electron chi connectivity index (χ3n) is 3.50. The van der Waals surface area contributed by atoms with Crippen LogP contribution in [0.5, 0.6) is 23.0 Å². The molecule has 0 atom stereocenters. The van der Waals surface area contributed by atoms with Crippen LogP contribution in [-0.4, -0.2) is 20.4 Å². The topological polar surface area (TPSA) is 80.9 Å². The molecular weight excluding hydrogens is 292 g/mol. The van der Waals surface area contributed by atoms with E-state index in [4.69, 9.17) is 0 Å². The Bertz CT molecular complexity index is 737. The minimum absolute atomic E-state index is 0.0168. The lowest BCUT2D eigenvalue weighted by atomic mass is 10.0. The van der Waals surface area contributed by atoms with Gasteiger partial charge in [-0.3, -0.25) is 0 Å². The van der Waals surface area contributed by atoms with Crippen LogP contribution in [-0.2, 0) is 6.42 Å². The highest BCUT2D eigenvalue weighted by Crippen LogP contribution is 2.32. The zero-order valence-electron chi connectivity index (χ0n) is 13.0. The second-order valence-corrected chi connectivity index (χ2v) is 5.57. The van der Waals surface area contributed by atoms with Crippen LogP contribution in [0, 0.1) is 0 Å². The minimum Gasteiger partial charge on any atom is -0.508 e. The molecule has 120 valence electrons. The third-order valence-corrected chi connectivity index (χ3v) is 3.50. The van der Waals surface area contributed by atoms with Crippen LogP contribution >= 0.6 is 0 Å². The Morgan fingerprint density at radius 3 is 2.17 bits per heavy atom. The fourth-order valence-corrected chi connectivity index (χ4v) is 2.21. The van der Waals surface area contributed by atoms with Gasteiger partial charge in [-0.15, -0.1) is 6.58 Å². The number of benzene rings is 2. The standard InChI is InChI=1S/C19H20O4/c1-12(2)3-8-16-18(22)9-13(10-19(16)23)4-5-14-6-7-15(20)11-17(14)21/h4-7,9-11,20-23H,1,3,8H2,2H3. The van der Waals surface area contributed by atoms with Gasteiger partial charge in [0.05, 0.1) is 0 Å². The van der Waals surface area contributed by atoms with Gasteiger partial charge in [-0.25, -0.2) is 0 Å². The highest BCUT2D eigenvalue weighted by atomic mass is 16.3. The average Bonchev–Trinajstić information content (AvgIpc) is 2.45. The number of phenols is 4. The maximum Gasteiger partial charge on any atom is 0.126 e. The molecule has 4 nitrogen and oxygen atoms in total. The normalized spacial score (nSPS) is 11.0. The summed E-state index contributed by atoms with van der Waals surface area (Å²) in [5, 5.41) is 39.1. The molecule has 4 N–H and O–H groups in total. The number of rotatable bonds is 5. The van der Waals surface area contributed by atoms with Crippen LogP contribution in [0.1, 0.15) is 30.0 Å². The summed E-state index contributed by atoms with van der Waals surface area (Å²) in [7, 11) is 0. The Morgan fingerprint density at radius 2 is 1.61 bits per heavy atom. The Balaban J connectivity index is 2.24. The lowest BCUT2D eigenvalue weighted by molar-refractivity contribution is 0.438. The van der Waals surface area contributed by atoms with E-state index >= 15 is 0 Å². The lowest BCUT2D eigenvalue weighted by Gasteiger charge is -2.09. The van der Waals surface area contributed by atoms with Crippen LogP contribution in [0.25, 0.3) is 12.2 Å². The van der Waals surface area contributed by atoms with Crippen LogP contribution in [0.2, 0.25) is 0 Å². The van der Waals surface area contributed by atoms with Gasteiger partial charge >= 0.3 is 0 Å². The van der Waals surface area contributed by atoms with Gasteiger partial charge < -0.3 is 20.4 Å². The number of hydrogen-bond donors (Lipinski definition) is 4. The van der Waals surface area contributed by atoms with Gasteiger partial charge in [-0.2, -0.15) is 0 Å². The van der Waals surface area contributed by atoms with E-state index in [9.17, 15) is 20.4 Å². The quantitative estimate of drug-likeness (QED) is 0.493. The molecule has 0 amide bonds. The summed E-state index contributed by atoms with van der Waals surface area (Å²) in [4.78, 5) is 0. The highest BCUT2D eigenvalue weighted by molar-refractivity contribution is 5.74. The first-order valence-electron chi connectivity index (χ1n) is 7.26. The van der Waals surface area contributed by atoms with Crippen molar-refractivity contribution < 1.29 is 20.4 Å². The van der Waals surface area contributed by atoms with Gasteiger partial charge in [0.1, 0.15) is 23.0 Å². The maximum atomic E-state index is 10.1. The van der Waals surface area contributed by atoms with Gasteiger partial charge in [0, 0.05) is 17.2 Å². The van der Waals surface area contributed by atoms with E-state index in [0.717, 1.165) is 5.57 Å². The first kappa shape index (κ1) is 16.5. The SMILES string of the molecule is C=C(C)CCc1c(O)cc(C=Cc2ccc(O)cc2O)cc1O. The number of hydrogen-bond acceptors (Lipinski definition) is 4. The molecule has 0 saturated carbocycles. The summed E-state index contributed by atoms with van der Waals surface area (Å²) < 4.78 is 0. The molecule has 0 aliphatic rings. The third kappa shape index (κ3) is 4.30. The largest absolute Gasteiger partial charge is 0.508 e. The highest BCUT2D eigenvalue weighted by Gasteiger charge is 2.09. The second-order valence-electron chi connectivity index (χ2n) is 5.57. The monoisotopic (exact) mass is 312 g/mol. The van der Waals surface area contributed by atoms with Crippen LogP contribution in [0.3, 0.4) is 0 Å². The molecular formula is C19H20O4. The average molecular weight is 312 g/mol. The van der Waals surface area contributed by atoms with Crippen LogP contribution in [0.4, 0.5) is 0 Å². The predicted octanol–water partition coefficient (Wildman–Crippen LogP) is 4.19. The van der Waals surface area contributed by atoms with E-state index in [0.29, 0.717) is 29.5 Å². The lowest BCUT2D eigenvalue weighted by Crippen LogP contribution is -1.89. The Hall–Kier alpha value is -2.88. The van der Waals surface area contributed by atoms with Crippen molar-refractivity contribution >= 4 is 12.2 Å². The number of aromatic hydroxyl groups is 4. The molecule has 2 aromatic carbocycles. The molecule has 0 fully saturated rings. The fourth-order valence-electron chi connectivity index (χ4n) is 2.21. The van der Waals surface area contributed by atoms with Gasteiger partial charge in [-0.05, 0) is 49.6 Å². The van der Waals surface area contributed by atoms with Crippen molar-refractivity contribution in [3.8, 4) is 23.0 Å². The molecule has 2 rings (SSSR count).